The van der Waals surface area contributed by atoms with E-state index in [4.69, 9.17) is 0 Å². The Hall–Kier alpha value is -2.06. The molecule has 2 heterocycles. The van der Waals surface area contributed by atoms with E-state index in [1.54, 1.807) is 14.7 Å². The van der Waals surface area contributed by atoms with Gasteiger partial charge in [-0.05, 0) is 48.5 Å². The van der Waals surface area contributed by atoms with Gasteiger partial charge in [-0.25, -0.2) is 9.59 Å². The van der Waals surface area contributed by atoms with Crippen LogP contribution in [0.15, 0.2) is 57.5 Å². The van der Waals surface area contributed by atoms with Gasteiger partial charge in [0.15, 0.2) is 0 Å². The minimum atomic E-state index is -0.0117. The monoisotopic (exact) mass is 494 g/mol. The first-order valence-electron chi connectivity index (χ1n) is 8.55. The van der Waals surface area contributed by atoms with Crippen molar-refractivity contribution in [3.8, 4) is 0 Å². The van der Waals surface area contributed by atoms with Crippen LogP contribution in [0.5, 0.6) is 0 Å². The normalized spacial score (nSPS) is 16.3. The highest BCUT2D eigenvalue weighted by Crippen LogP contribution is 2.22. The molecule has 4 amide bonds. The van der Waals surface area contributed by atoms with E-state index >= 15 is 0 Å². The number of carbonyl (C=O) groups is 2. The molecule has 142 valence electrons. The van der Waals surface area contributed by atoms with E-state index in [2.05, 4.69) is 37.2 Å². The molecule has 1 N–H and O–H groups in total. The lowest BCUT2D eigenvalue weighted by molar-refractivity contribution is 0.229. The van der Waals surface area contributed by atoms with Crippen molar-refractivity contribution in [1.29, 1.82) is 0 Å². The third-order valence-electron chi connectivity index (χ3n) is 4.35. The summed E-state index contributed by atoms with van der Waals surface area (Å²) in [6.45, 7) is 3.06. The zero-order chi connectivity index (χ0) is 19.4. The van der Waals surface area contributed by atoms with E-state index in [0.717, 1.165) is 46.5 Å². The first kappa shape index (κ1) is 19.7. The van der Waals surface area contributed by atoms with Gasteiger partial charge in [0.1, 0.15) is 0 Å². The van der Waals surface area contributed by atoms with Gasteiger partial charge >= 0.3 is 12.1 Å². The van der Waals surface area contributed by atoms with E-state index in [-0.39, 0.29) is 12.1 Å². The zero-order valence-electron chi connectivity index (χ0n) is 14.9. The number of amides is 4. The maximum atomic E-state index is 11.6. The topological polar surface area (TPSA) is 55.9 Å². The van der Waals surface area contributed by atoms with Crippen LogP contribution >= 0.6 is 31.9 Å². The molecule has 8 heteroatoms. The highest BCUT2D eigenvalue weighted by atomic mass is 79.9. The van der Waals surface area contributed by atoms with Gasteiger partial charge in [-0.2, -0.15) is 0 Å². The molecule has 0 atom stereocenters. The summed E-state index contributed by atoms with van der Waals surface area (Å²) in [6, 6.07) is 15.6. The Morgan fingerprint density at radius 3 is 1.70 bits per heavy atom. The first-order valence-corrected chi connectivity index (χ1v) is 10.1. The Bertz CT molecular complexity index is 811. The number of urea groups is 2. The number of anilines is 2. The summed E-state index contributed by atoms with van der Waals surface area (Å²) < 4.78 is 2.05. The molecule has 0 aromatic heterocycles. The van der Waals surface area contributed by atoms with Crippen molar-refractivity contribution in [1.82, 2.24) is 10.2 Å². The number of rotatable bonds is 2. The number of hydrogen-bond acceptors (Lipinski definition) is 2. The molecule has 2 fully saturated rings. The largest absolute Gasteiger partial charge is 0.336 e. The minimum Gasteiger partial charge on any atom is -0.336 e. The molecule has 0 radical (unpaired) electrons. The average Bonchev–Trinajstić information content (AvgIpc) is 3.23. The van der Waals surface area contributed by atoms with Gasteiger partial charge in [0.05, 0.1) is 0 Å². The maximum Gasteiger partial charge on any atom is 0.324 e. The molecule has 2 aliphatic rings. The van der Waals surface area contributed by atoms with Gasteiger partial charge < -0.3 is 10.2 Å². The number of benzene rings is 2. The van der Waals surface area contributed by atoms with Crippen LogP contribution < -0.4 is 15.1 Å². The van der Waals surface area contributed by atoms with E-state index in [0.29, 0.717) is 0 Å². The summed E-state index contributed by atoms with van der Waals surface area (Å²) in [5, 5.41) is 2.76. The number of nitrogens with zero attached hydrogens (tertiary/aromatic N) is 3. The molecule has 0 aliphatic carbocycles. The van der Waals surface area contributed by atoms with Crippen molar-refractivity contribution in [2.45, 2.75) is 0 Å². The number of nitrogens with one attached hydrogen (secondary N) is 1. The van der Waals surface area contributed by atoms with Gasteiger partial charge in [-0.1, -0.05) is 31.9 Å². The fraction of sp³-hybridized carbons (Fsp3) is 0.263. The third kappa shape index (κ3) is 4.81. The molecule has 27 heavy (non-hydrogen) atoms. The summed E-state index contributed by atoms with van der Waals surface area (Å²) in [4.78, 5) is 28.1. The van der Waals surface area contributed by atoms with Crippen LogP contribution in [0.1, 0.15) is 0 Å². The standard InChI is InChI=1S/C10H11BrN2O.C9H9BrN2O/c1-12-6-7-13(10(12)14)9-4-2-8(11)3-5-9;10-7-1-3-8(4-2-7)12-6-5-11-9(12)13/h2-5H,6-7H2,1H3;1-4H,5-6H2,(H,11,13). The molecular formula is C19H20Br2N4O2. The Morgan fingerprint density at radius 1 is 0.778 bits per heavy atom. The Labute approximate surface area is 175 Å². The predicted molar refractivity (Wildman–Crippen MR) is 114 cm³/mol. The van der Waals surface area contributed by atoms with Gasteiger partial charge in [0.2, 0.25) is 0 Å². The lowest BCUT2D eigenvalue weighted by Crippen LogP contribution is -2.28. The van der Waals surface area contributed by atoms with Crippen LogP contribution in [0, 0.1) is 0 Å². The van der Waals surface area contributed by atoms with Crippen LogP contribution in [0.4, 0.5) is 21.0 Å². The molecule has 4 rings (SSSR count). The van der Waals surface area contributed by atoms with Crippen LogP contribution in [0.3, 0.4) is 0 Å². The lowest BCUT2D eigenvalue weighted by atomic mass is 10.3. The Kier molecular flexibility index (Phi) is 6.38. The maximum absolute atomic E-state index is 11.6. The molecule has 2 aliphatic heterocycles. The third-order valence-corrected chi connectivity index (χ3v) is 5.41. The number of likely N-dealkylation sites (N-methyl/N-ethyl adjacent to an activating group) is 1. The van der Waals surface area contributed by atoms with Crippen molar-refractivity contribution in [3.05, 3.63) is 57.5 Å². The van der Waals surface area contributed by atoms with Gasteiger partial charge in [-0.3, -0.25) is 9.80 Å². The van der Waals surface area contributed by atoms with Crippen LogP contribution in [0.25, 0.3) is 0 Å². The van der Waals surface area contributed by atoms with Crippen molar-refractivity contribution in [2.75, 3.05) is 43.0 Å². The minimum absolute atomic E-state index is 0.0117. The highest BCUT2D eigenvalue weighted by molar-refractivity contribution is 9.10. The Balaban J connectivity index is 0.000000156. The molecule has 2 aromatic rings. The van der Waals surface area contributed by atoms with Gasteiger partial charge in [-0.15, -0.1) is 0 Å². The smallest absolute Gasteiger partial charge is 0.324 e. The van der Waals surface area contributed by atoms with Crippen LogP contribution in [0.2, 0.25) is 0 Å². The van der Waals surface area contributed by atoms with Crippen molar-refractivity contribution in [2.24, 2.45) is 0 Å². The molecular weight excluding hydrogens is 476 g/mol. The molecule has 0 unspecified atom stereocenters. The summed E-state index contributed by atoms with van der Waals surface area (Å²) in [7, 11) is 1.82. The molecule has 0 bridgehead atoms. The van der Waals surface area contributed by atoms with Crippen molar-refractivity contribution < 1.29 is 9.59 Å². The summed E-state index contributed by atoms with van der Waals surface area (Å²) in [5.41, 5.74) is 1.90. The molecule has 6 nitrogen and oxygen atoms in total. The van der Waals surface area contributed by atoms with E-state index in [9.17, 15) is 9.59 Å². The molecule has 2 saturated heterocycles. The van der Waals surface area contributed by atoms with Gasteiger partial charge in [0, 0.05) is 53.5 Å². The number of carbonyl (C=O) groups excluding carboxylic acids is 2. The second kappa shape index (κ2) is 8.75. The lowest BCUT2D eigenvalue weighted by Gasteiger charge is -2.15. The second-order valence-electron chi connectivity index (χ2n) is 6.19. The highest BCUT2D eigenvalue weighted by Gasteiger charge is 2.26. The van der Waals surface area contributed by atoms with E-state index in [1.807, 2.05) is 55.6 Å². The second-order valence-corrected chi connectivity index (χ2v) is 8.02. The van der Waals surface area contributed by atoms with Crippen LogP contribution in [-0.2, 0) is 0 Å². The first-order chi connectivity index (χ1) is 13.0. The number of hydrogen-bond donors (Lipinski definition) is 1. The quantitative estimate of drug-likeness (QED) is 0.675. The summed E-state index contributed by atoms with van der Waals surface area (Å²) in [5.74, 6) is 0. The van der Waals surface area contributed by atoms with Gasteiger partial charge in [0.25, 0.3) is 0 Å². The fourth-order valence-corrected chi connectivity index (χ4v) is 3.38. The SMILES string of the molecule is CN1CCN(c2ccc(Br)cc2)C1=O.O=C1NCCN1c1ccc(Br)cc1. The molecule has 0 spiro atoms. The van der Waals surface area contributed by atoms with Crippen molar-refractivity contribution >= 4 is 55.3 Å². The summed E-state index contributed by atoms with van der Waals surface area (Å²) in [6.07, 6.45) is 0. The zero-order valence-corrected chi connectivity index (χ0v) is 18.0. The predicted octanol–water partition coefficient (Wildman–Crippen LogP) is 4.30. The molecule has 2 aromatic carbocycles. The summed E-state index contributed by atoms with van der Waals surface area (Å²) >= 11 is 6.72. The van der Waals surface area contributed by atoms with Crippen molar-refractivity contribution in [3.63, 3.8) is 0 Å². The fourth-order valence-electron chi connectivity index (χ4n) is 2.85. The van der Waals surface area contributed by atoms with E-state index < -0.39 is 0 Å². The molecule has 0 saturated carbocycles. The van der Waals surface area contributed by atoms with E-state index in [1.165, 1.54) is 0 Å². The number of halogens is 2. The Morgan fingerprint density at radius 2 is 1.30 bits per heavy atom. The van der Waals surface area contributed by atoms with Crippen LogP contribution in [-0.4, -0.2) is 50.2 Å². The average molecular weight is 496 g/mol.